The summed E-state index contributed by atoms with van der Waals surface area (Å²) < 4.78 is 18.4. The van der Waals surface area contributed by atoms with Gasteiger partial charge in [0.15, 0.2) is 5.89 Å². The Bertz CT molecular complexity index is 510. The van der Waals surface area contributed by atoms with E-state index in [0.717, 1.165) is 17.7 Å². The average molecular weight is 248 g/mol. The highest BCUT2D eigenvalue weighted by atomic mass is 19.1. The van der Waals surface area contributed by atoms with Gasteiger partial charge in [-0.1, -0.05) is 12.1 Å². The molecule has 0 aliphatic carbocycles. The maximum Gasteiger partial charge on any atom is 0.198 e. The van der Waals surface area contributed by atoms with Crippen molar-refractivity contribution in [3.8, 4) is 0 Å². The van der Waals surface area contributed by atoms with Crippen molar-refractivity contribution in [1.29, 1.82) is 0 Å². The van der Waals surface area contributed by atoms with Crippen molar-refractivity contribution in [2.75, 3.05) is 7.05 Å². The summed E-state index contributed by atoms with van der Waals surface area (Å²) in [5, 5.41) is 3.15. The van der Waals surface area contributed by atoms with Crippen molar-refractivity contribution in [3.63, 3.8) is 0 Å². The molecule has 1 unspecified atom stereocenters. The molecule has 0 fully saturated rings. The topological polar surface area (TPSA) is 38.1 Å². The maximum absolute atomic E-state index is 13.0. The van der Waals surface area contributed by atoms with E-state index in [-0.39, 0.29) is 5.82 Å². The van der Waals surface area contributed by atoms with Gasteiger partial charge in [-0.3, -0.25) is 0 Å². The molecule has 0 aliphatic rings. The number of rotatable bonds is 5. The molecule has 0 spiro atoms. The third kappa shape index (κ3) is 3.40. The van der Waals surface area contributed by atoms with Crippen LogP contribution in [0, 0.1) is 5.82 Å². The van der Waals surface area contributed by atoms with Crippen LogP contribution in [-0.4, -0.2) is 18.1 Å². The quantitative estimate of drug-likeness (QED) is 0.883. The minimum atomic E-state index is -0.233. The molecule has 3 nitrogen and oxygen atoms in total. The maximum atomic E-state index is 13.0. The van der Waals surface area contributed by atoms with Crippen LogP contribution in [0.15, 0.2) is 34.9 Å². The molecule has 1 aromatic carbocycles. The van der Waals surface area contributed by atoms with Gasteiger partial charge in [0.25, 0.3) is 0 Å². The van der Waals surface area contributed by atoms with Gasteiger partial charge >= 0.3 is 0 Å². The first kappa shape index (κ1) is 12.8. The Balaban J connectivity index is 2.02. The van der Waals surface area contributed by atoms with Gasteiger partial charge in [0.1, 0.15) is 12.1 Å². The van der Waals surface area contributed by atoms with E-state index >= 15 is 0 Å². The van der Waals surface area contributed by atoms with Crippen LogP contribution >= 0.6 is 0 Å². The largest absolute Gasteiger partial charge is 0.448 e. The molecule has 0 aliphatic heterocycles. The lowest BCUT2D eigenvalue weighted by atomic mass is 10.1. The molecule has 0 bridgehead atoms. The van der Waals surface area contributed by atoms with Gasteiger partial charge in [-0.05, 0) is 31.7 Å². The number of likely N-dealkylation sites (N-methyl/N-ethyl adjacent to an activating group) is 1. The normalized spacial score (nSPS) is 12.6. The first-order valence-corrected chi connectivity index (χ1v) is 6.02. The summed E-state index contributed by atoms with van der Waals surface area (Å²) in [6.07, 6.45) is 3.01. The van der Waals surface area contributed by atoms with Gasteiger partial charge < -0.3 is 9.73 Å². The van der Waals surface area contributed by atoms with E-state index in [0.29, 0.717) is 18.4 Å². The summed E-state index contributed by atoms with van der Waals surface area (Å²) in [6.45, 7) is 2.08. The minimum Gasteiger partial charge on any atom is -0.448 e. The summed E-state index contributed by atoms with van der Waals surface area (Å²) in [6, 6.07) is 6.84. The Labute approximate surface area is 106 Å². The van der Waals surface area contributed by atoms with Crippen LogP contribution in [0.2, 0.25) is 0 Å². The first-order valence-electron chi connectivity index (χ1n) is 6.02. The molecule has 0 saturated heterocycles. The molecule has 96 valence electrons. The summed E-state index contributed by atoms with van der Waals surface area (Å²) >= 11 is 0. The highest BCUT2D eigenvalue weighted by Crippen LogP contribution is 2.11. The van der Waals surface area contributed by atoms with Gasteiger partial charge in [0.05, 0.1) is 5.69 Å². The molecular formula is C14H17FN2O. The van der Waals surface area contributed by atoms with Crippen molar-refractivity contribution in [2.45, 2.75) is 25.8 Å². The minimum absolute atomic E-state index is 0.233. The number of hydrogen-bond donors (Lipinski definition) is 1. The fraction of sp³-hybridized carbons (Fsp3) is 0.357. The first-order chi connectivity index (χ1) is 8.67. The van der Waals surface area contributed by atoms with E-state index in [1.165, 1.54) is 12.1 Å². The molecule has 1 atom stereocenters. The molecular weight excluding hydrogens is 231 g/mol. The molecule has 2 aromatic rings. The van der Waals surface area contributed by atoms with Crippen LogP contribution in [0.25, 0.3) is 0 Å². The Morgan fingerprint density at radius 1 is 1.44 bits per heavy atom. The van der Waals surface area contributed by atoms with Gasteiger partial charge in [-0.25, -0.2) is 9.37 Å². The zero-order chi connectivity index (χ0) is 13.0. The van der Waals surface area contributed by atoms with Gasteiger partial charge in [0, 0.05) is 18.9 Å². The molecule has 0 amide bonds. The second-order valence-electron chi connectivity index (χ2n) is 4.43. The molecule has 2 rings (SSSR count). The van der Waals surface area contributed by atoms with E-state index in [1.54, 1.807) is 12.3 Å². The second kappa shape index (κ2) is 5.78. The smallest absolute Gasteiger partial charge is 0.198 e. The molecule has 1 heterocycles. The van der Waals surface area contributed by atoms with Crippen LogP contribution in [0.1, 0.15) is 24.1 Å². The van der Waals surface area contributed by atoms with Crippen LogP contribution in [-0.2, 0) is 12.8 Å². The van der Waals surface area contributed by atoms with Gasteiger partial charge in [-0.15, -0.1) is 0 Å². The summed E-state index contributed by atoms with van der Waals surface area (Å²) in [5.41, 5.74) is 1.79. The number of oxazole rings is 1. The highest BCUT2D eigenvalue weighted by Gasteiger charge is 2.08. The Morgan fingerprint density at radius 3 is 3.00 bits per heavy atom. The van der Waals surface area contributed by atoms with Crippen molar-refractivity contribution < 1.29 is 8.81 Å². The number of aromatic nitrogens is 1. The van der Waals surface area contributed by atoms with E-state index in [2.05, 4.69) is 17.2 Å². The predicted octanol–water partition coefficient (Wildman–Crippen LogP) is 2.55. The second-order valence-corrected chi connectivity index (χ2v) is 4.43. The number of halogens is 1. The lowest BCUT2D eigenvalue weighted by Gasteiger charge is -2.05. The number of nitrogens with zero attached hydrogens (tertiary/aromatic N) is 1. The van der Waals surface area contributed by atoms with Crippen molar-refractivity contribution in [1.82, 2.24) is 10.3 Å². The standard InChI is InChI=1S/C14H17FN2O/c1-10(16-2)6-13-9-18-14(17-13)8-11-4-3-5-12(15)7-11/h3-5,7,9-10,16H,6,8H2,1-2H3. The summed E-state index contributed by atoms with van der Waals surface area (Å²) in [4.78, 5) is 4.39. The number of hydrogen-bond acceptors (Lipinski definition) is 3. The molecule has 1 aromatic heterocycles. The molecule has 18 heavy (non-hydrogen) atoms. The Kier molecular flexibility index (Phi) is 4.10. The molecule has 1 N–H and O–H groups in total. The summed E-state index contributed by atoms with van der Waals surface area (Å²) in [5.74, 6) is 0.391. The zero-order valence-corrected chi connectivity index (χ0v) is 10.6. The lowest BCUT2D eigenvalue weighted by molar-refractivity contribution is 0.505. The lowest BCUT2D eigenvalue weighted by Crippen LogP contribution is -2.23. The third-order valence-electron chi connectivity index (χ3n) is 2.85. The Hall–Kier alpha value is -1.68. The van der Waals surface area contributed by atoms with Crippen molar-refractivity contribution in [2.24, 2.45) is 0 Å². The van der Waals surface area contributed by atoms with E-state index in [4.69, 9.17) is 4.42 Å². The molecule has 4 heteroatoms. The van der Waals surface area contributed by atoms with E-state index in [9.17, 15) is 4.39 Å². The summed E-state index contributed by atoms with van der Waals surface area (Å²) in [7, 11) is 1.92. The fourth-order valence-electron chi connectivity index (χ4n) is 1.76. The highest BCUT2D eigenvalue weighted by molar-refractivity contribution is 5.19. The number of nitrogens with one attached hydrogen (secondary N) is 1. The van der Waals surface area contributed by atoms with Crippen molar-refractivity contribution in [3.05, 3.63) is 53.5 Å². The van der Waals surface area contributed by atoms with Crippen LogP contribution in [0.4, 0.5) is 4.39 Å². The predicted molar refractivity (Wildman–Crippen MR) is 67.9 cm³/mol. The van der Waals surface area contributed by atoms with E-state index < -0.39 is 0 Å². The van der Waals surface area contributed by atoms with Gasteiger partial charge in [0.2, 0.25) is 0 Å². The molecule has 0 saturated carbocycles. The number of benzene rings is 1. The zero-order valence-electron chi connectivity index (χ0n) is 10.6. The van der Waals surface area contributed by atoms with Crippen LogP contribution < -0.4 is 5.32 Å². The van der Waals surface area contributed by atoms with Gasteiger partial charge in [-0.2, -0.15) is 0 Å². The monoisotopic (exact) mass is 248 g/mol. The average Bonchev–Trinajstić information content (AvgIpc) is 2.76. The molecule has 0 radical (unpaired) electrons. The third-order valence-corrected chi connectivity index (χ3v) is 2.85. The Morgan fingerprint density at radius 2 is 2.28 bits per heavy atom. The SMILES string of the molecule is CNC(C)Cc1coc(Cc2cccc(F)c2)n1. The van der Waals surface area contributed by atoms with Crippen LogP contribution in [0.3, 0.4) is 0 Å². The fourth-order valence-corrected chi connectivity index (χ4v) is 1.76. The van der Waals surface area contributed by atoms with Crippen molar-refractivity contribution >= 4 is 0 Å². The van der Waals surface area contributed by atoms with Crippen LogP contribution in [0.5, 0.6) is 0 Å². The van der Waals surface area contributed by atoms with E-state index in [1.807, 2.05) is 13.1 Å².